The zero-order chi connectivity index (χ0) is 13.0. The zero-order valence-corrected chi connectivity index (χ0v) is 11.0. The van der Waals surface area contributed by atoms with E-state index in [1.165, 1.54) is 0 Å². The zero-order valence-electron chi connectivity index (χ0n) is 11.0. The molecule has 0 saturated heterocycles. The van der Waals surface area contributed by atoms with Crippen LogP contribution in [0.1, 0.15) is 31.7 Å². The maximum atomic E-state index is 11.0. The van der Waals surface area contributed by atoms with E-state index in [1.54, 1.807) is 13.1 Å². The quantitative estimate of drug-likeness (QED) is 0.833. The number of ketones is 1. The molecule has 1 aromatic heterocycles. The Balaban J connectivity index is 1.85. The summed E-state index contributed by atoms with van der Waals surface area (Å²) in [5, 5.41) is 3.22. The number of nitrogens with zero attached hydrogens (tertiary/aromatic N) is 1. The first kappa shape index (κ1) is 13.0. The van der Waals surface area contributed by atoms with Crippen LogP contribution in [-0.4, -0.2) is 30.0 Å². The Bertz CT molecular complexity index is 414. The fourth-order valence-corrected chi connectivity index (χ4v) is 2.06. The van der Waals surface area contributed by atoms with E-state index in [1.807, 2.05) is 19.2 Å². The number of aromatic nitrogens is 1. The Kier molecular flexibility index (Phi) is 4.31. The van der Waals surface area contributed by atoms with E-state index in [0.717, 1.165) is 24.8 Å². The van der Waals surface area contributed by atoms with Crippen molar-refractivity contribution in [3.8, 4) is 5.88 Å². The van der Waals surface area contributed by atoms with E-state index in [2.05, 4.69) is 10.3 Å². The molecule has 18 heavy (non-hydrogen) atoms. The Hall–Kier alpha value is -1.42. The van der Waals surface area contributed by atoms with Crippen molar-refractivity contribution in [2.75, 3.05) is 7.05 Å². The molecule has 0 amide bonds. The van der Waals surface area contributed by atoms with Crippen molar-refractivity contribution in [3.05, 3.63) is 23.9 Å². The van der Waals surface area contributed by atoms with Gasteiger partial charge in [-0.2, -0.15) is 0 Å². The number of hydrogen-bond donors (Lipinski definition) is 1. The molecule has 0 spiro atoms. The first-order valence-electron chi connectivity index (χ1n) is 6.45. The molecule has 1 N–H and O–H groups in total. The van der Waals surface area contributed by atoms with E-state index < -0.39 is 0 Å². The third-order valence-electron chi connectivity index (χ3n) is 3.36. The Labute approximate surface area is 108 Å². The van der Waals surface area contributed by atoms with Gasteiger partial charge in [0.25, 0.3) is 0 Å². The summed E-state index contributed by atoms with van der Waals surface area (Å²) < 4.78 is 5.79. The lowest BCUT2D eigenvalue weighted by atomic mass is 9.89. The predicted molar refractivity (Wildman–Crippen MR) is 69.7 cm³/mol. The molecule has 1 saturated carbocycles. The van der Waals surface area contributed by atoms with E-state index in [0.29, 0.717) is 18.3 Å². The molecular formula is C14H20N2O2. The van der Waals surface area contributed by atoms with Gasteiger partial charge in [0.05, 0.1) is 0 Å². The predicted octanol–water partition coefficient (Wildman–Crippen LogP) is 1.73. The fourth-order valence-electron chi connectivity index (χ4n) is 2.06. The van der Waals surface area contributed by atoms with Gasteiger partial charge in [-0.15, -0.1) is 0 Å². The largest absolute Gasteiger partial charge is 0.474 e. The molecule has 0 unspecified atom stereocenters. The van der Waals surface area contributed by atoms with Crippen LogP contribution in [0, 0.1) is 0 Å². The van der Waals surface area contributed by atoms with E-state index in [4.69, 9.17) is 4.74 Å². The molecule has 0 bridgehead atoms. The van der Waals surface area contributed by atoms with Gasteiger partial charge in [0, 0.05) is 24.7 Å². The Morgan fingerprint density at radius 1 is 1.56 bits per heavy atom. The molecule has 4 heteroatoms. The molecule has 98 valence electrons. The second kappa shape index (κ2) is 5.96. The number of aryl methyl sites for hydroxylation is 1. The monoisotopic (exact) mass is 248 g/mol. The van der Waals surface area contributed by atoms with Crippen molar-refractivity contribution in [2.45, 2.75) is 44.8 Å². The summed E-state index contributed by atoms with van der Waals surface area (Å²) in [6.45, 7) is 1.62. The highest BCUT2D eigenvalue weighted by Gasteiger charge is 2.29. The lowest BCUT2D eigenvalue weighted by molar-refractivity contribution is -0.116. The minimum atomic E-state index is 0.213. The molecular weight excluding hydrogens is 228 g/mol. The van der Waals surface area contributed by atoms with Crippen LogP contribution >= 0.6 is 0 Å². The van der Waals surface area contributed by atoms with E-state index in [-0.39, 0.29) is 11.9 Å². The molecule has 1 aliphatic carbocycles. The summed E-state index contributed by atoms with van der Waals surface area (Å²) in [7, 11) is 1.97. The minimum absolute atomic E-state index is 0.213. The van der Waals surface area contributed by atoms with Crippen LogP contribution in [0.4, 0.5) is 0 Å². The summed E-state index contributed by atoms with van der Waals surface area (Å²) in [5.41, 5.74) is 1.11. The van der Waals surface area contributed by atoms with Crippen molar-refractivity contribution in [1.82, 2.24) is 10.3 Å². The summed E-state index contributed by atoms with van der Waals surface area (Å²) >= 11 is 0. The summed E-state index contributed by atoms with van der Waals surface area (Å²) in [5.74, 6) is 0.890. The van der Waals surface area contributed by atoms with Gasteiger partial charge >= 0.3 is 0 Å². The van der Waals surface area contributed by atoms with E-state index in [9.17, 15) is 4.79 Å². The van der Waals surface area contributed by atoms with Crippen LogP contribution < -0.4 is 10.1 Å². The highest BCUT2D eigenvalue weighted by atomic mass is 16.5. The van der Waals surface area contributed by atoms with Gasteiger partial charge in [0.2, 0.25) is 5.88 Å². The number of carbonyl (C=O) groups excluding carboxylic acids is 1. The van der Waals surface area contributed by atoms with Gasteiger partial charge in [-0.05, 0) is 44.9 Å². The number of pyridine rings is 1. The lowest BCUT2D eigenvalue weighted by Gasteiger charge is -2.34. The number of hydrogen-bond acceptors (Lipinski definition) is 4. The summed E-state index contributed by atoms with van der Waals surface area (Å²) in [4.78, 5) is 15.2. The van der Waals surface area contributed by atoms with Crippen molar-refractivity contribution in [2.24, 2.45) is 0 Å². The number of rotatable bonds is 6. The number of Topliss-reactive ketones (excluding diaryl/α,β-unsaturated/α-hetero) is 1. The van der Waals surface area contributed by atoms with Gasteiger partial charge in [-0.3, -0.25) is 0 Å². The molecule has 0 aromatic carbocycles. The maximum Gasteiger partial charge on any atom is 0.213 e. The molecule has 0 atom stereocenters. The lowest BCUT2D eigenvalue weighted by Crippen LogP contribution is -2.45. The molecule has 2 rings (SSSR count). The van der Waals surface area contributed by atoms with Gasteiger partial charge < -0.3 is 14.8 Å². The number of ether oxygens (including phenoxy) is 1. The highest BCUT2D eigenvalue weighted by molar-refractivity contribution is 5.75. The average molecular weight is 248 g/mol. The first-order valence-corrected chi connectivity index (χ1v) is 6.45. The van der Waals surface area contributed by atoms with Gasteiger partial charge in [0.1, 0.15) is 11.9 Å². The van der Waals surface area contributed by atoms with E-state index >= 15 is 0 Å². The van der Waals surface area contributed by atoms with Gasteiger partial charge in [-0.1, -0.05) is 0 Å². The fraction of sp³-hybridized carbons (Fsp3) is 0.571. The molecule has 1 heterocycles. The topological polar surface area (TPSA) is 51.2 Å². The Morgan fingerprint density at radius 2 is 2.33 bits per heavy atom. The Morgan fingerprint density at radius 3 is 3.00 bits per heavy atom. The van der Waals surface area contributed by atoms with Crippen molar-refractivity contribution < 1.29 is 9.53 Å². The molecule has 1 aliphatic rings. The smallest absolute Gasteiger partial charge is 0.213 e. The van der Waals surface area contributed by atoms with Crippen molar-refractivity contribution in [1.29, 1.82) is 0 Å². The van der Waals surface area contributed by atoms with Crippen LogP contribution in [0.15, 0.2) is 18.3 Å². The second-order valence-corrected chi connectivity index (χ2v) is 4.90. The average Bonchev–Trinajstić information content (AvgIpc) is 2.31. The van der Waals surface area contributed by atoms with Crippen LogP contribution in [0.3, 0.4) is 0 Å². The van der Waals surface area contributed by atoms with Gasteiger partial charge in [0.15, 0.2) is 0 Å². The van der Waals surface area contributed by atoms with Gasteiger partial charge in [-0.25, -0.2) is 4.98 Å². The third-order valence-corrected chi connectivity index (χ3v) is 3.36. The molecule has 1 fully saturated rings. The second-order valence-electron chi connectivity index (χ2n) is 4.90. The standard InChI is InChI=1S/C14H20N2O2/c1-10(17)3-4-11-5-6-16-14(7-11)18-13-8-12(9-13)15-2/h5-7,12-13,15H,3-4,8-9H2,1-2H3/t12-,13-. The number of nitrogens with one attached hydrogen (secondary N) is 1. The SMILES string of the molecule is CN[C@H]1C[C@H](Oc2cc(CCC(C)=O)ccn2)C1. The highest BCUT2D eigenvalue weighted by Crippen LogP contribution is 2.25. The normalized spacial score (nSPS) is 22.3. The first-order chi connectivity index (χ1) is 8.67. The molecule has 4 nitrogen and oxygen atoms in total. The summed E-state index contributed by atoms with van der Waals surface area (Å²) in [6.07, 6.45) is 5.44. The van der Waals surface area contributed by atoms with Crippen LogP contribution in [0.5, 0.6) is 5.88 Å². The molecule has 0 aliphatic heterocycles. The number of carbonyl (C=O) groups is 1. The minimum Gasteiger partial charge on any atom is -0.474 e. The summed E-state index contributed by atoms with van der Waals surface area (Å²) in [6, 6.07) is 4.46. The maximum absolute atomic E-state index is 11.0. The van der Waals surface area contributed by atoms with Crippen molar-refractivity contribution in [3.63, 3.8) is 0 Å². The third kappa shape index (κ3) is 3.53. The van der Waals surface area contributed by atoms with Crippen molar-refractivity contribution >= 4 is 5.78 Å². The van der Waals surface area contributed by atoms with Crippen LogP contribution in [-0.2, 0) is 11.2 Å². The molecule has 0 radical (unpaired) electrons. The van der Waals surface area contributed by atoms with Crippen LogP contribution in [0.2, 0.25) is 0 Å². The molecule has 1 aromatic rings. The van der Waals surface area contributed by atoms with Crippen LogP contribution in [0.25, 0.3) is 0 Å².